The van der Waals surface area contributed by atoms with E-state index in [1.807, 2.05) is 0 Å². The SMILES string of the molecule is Cc1ccc(I)cc1N1CCCC1. The molecule has 13 heavy (non-hydrogen) atoms. The van der Waals surface area contributed by atoms with Crippen LogP contribution in [0, 0.1) is 10.5 Å². The predicted octanol–water partition coefficient (Wildman–Crippen LogP) is 3.20. The highest BCUT2D eigenvalue weighted by atomic mass is 127. The van der Waals surface area contributed by atoms with Gasteiger partial charge >= 0.3 is 0 Å². The number of benzene rings is 1. The molecule has 0 unspecified atom stereocenters. The lowest BCUT2D eigenvalue weighted by molar-refractivity contribution is 0.949. The second-order valence-electron chi connectivity index (χ2n) is 3.62. The summed E-state index contributed by atoms with van der Waals surface area (Å²) in [4.78, 5) is 2.50. The molecule has 70 valence electrons. The first kappa shape index (κ1) is 9.31. The fourth-order valence-electron chi connectivity index (χ4n) is 1.88. The zero-order valence-corrected chi connectivity index (χ0v) is 10.0. The van der Waals surface area contributed by atoms with E-state index in [4.69, 9.17) is 0 Å². The van der Waals surface area contributed by atoms with Gasteiger partial charge in [-0.2, -0.15) is 0 Å². The molecule has 0 aromatic heterocycles. The minimum Gasteiger partial charge on any atom is -0.371 e. The molecule has 1 nitrogen and oxygen atoms in total. The largest absolute Gasteiger partial charge is 0.371 e. The Morgan fingerprint density at radius 1 is 1.23 bits per heavy atom. The zero-order chi connectivity index (χ0) is 9.26. The molecule has 0 amide bonds. The molecule has 1 aromatic carbocycles. The van der Waals surface area contributed by atoms with Crippen LogP contribution in [-0.4, -0.2) is 13.1 Å². The van der Waals surface area contributed by atoms with E-state index in [0.29, 0.717) is 0 Å². The van der Waals surface area contributed by atoms with Gasteiger partial charge in [-0.3, -0.25) is 0 Å². The van der Waals surface area contributed by atoms with Gasteiger partial charge in [-0.25, -0.2) is 0 Å². The second-order valence-corrected chi connectivity index (χ2v) is 4.87. The highest BCUT2D eigenvalue weighted by molar-refractivity contribution is 14.1. The van der Waals surface area contributed by atoms with Crippen molar-refractivity contribution in [2.45, 2.75) is 19.8 Å². The first-order valence-corrected chi connectivity index (χ1v) is 5.86. The van der Waals surface area contributed by atoms with Crippen molar-refractivity contribution in [2.75, 3.05) is 18.0 Å². The average molecular weight is 287 g/mol. The minimum absolute atomic E-state index is 1.24. The molecule has 0 N–H and O–H groups in total. The first-order valence-electron chi connectivity index (χ1n) is 4.78. The van der Waals surface area contributed by atoms with Crippen LogP contribution >= 0.6 is 22.6 Å². The van der Waals surface area contributed by atoms with Gasteiger partial charge in [0.25, 0.3) is 0 Å². The smallest absolute Gasteiger partial charge is 0.0406 e. The van der Waals surface area contributed by atoms with Gasteiger partial charge in [0.15, 0.2) is 0 Å². The van der Waals surface area contributed by atoms with E-state index in [1.165, 1.54) is 40.8 Å². The Morgan fingerprint density at radius 2 is 1.92 bits per heavy atom. The molecule has 0 spiro atoms. The molecule has 1 aliphatic rings. The molecule has 0 radical (unpaired) electrons. The molecular weight excluding hydrogens is 273 g/mol. The summed E-state index contributed by atoms with van der Waals surface area (Å²) in [6.45, 7) is 4.67. The van der Waals surface area contributed by atoms with Crippen molar-refractivity contribution in [3.05, 3.63) is 27.3 Å². The van der Waals surface area contributed by atoms with E-state index < -0.39 is 0 Å². The summed E-state index contributed by atoms with van der Waals surface area (Å²) in [7, 11) is 0. The average Bonchev–Trinajstić information content (AvgIpc) is 2.61. The summed E-state index contributed by atoms with van der Waals surface area (Å²) in [5.41, 5.74) is 2.84. The predicted molar refractivity (Wildman–Crippen MR) is 65.3 cm³/mol. The Morgan fingerprint density at radius 3 is 2.62 bits per heavy atom. The Balaban J connectivity index is 2.32. The van der Waals surface area contributed by atoms with Crippen molar-refractivity contribution in [1.29, 1.82) is 0 Å². The first-order chi connectivity index (χ1) is 6.27. The lowest BCUT2D eigenvalue weighted by atomic mass is 10.2. The maximum absolute atomic E-state index is 2.50. The fourth-order valence-corrected chi connectivity index (χ4v) is 2.36. The standard InChI is InChI=1S/C11H14IN/c1-9-4-5-10(12)8-11(9)13-6-2-3-7-13/h4-5,8H,2-3,6-7H2,1H3. The van der Waals surface area contributed by atoms with Gasteiger partial charge in [-0.05, 0) is 60.1 Å². The van der Waals surface area contributed by atoms with Crippen molar-refractivity contribution < 1.29 is 0 Å². The van der Waals surface area contributed by atoms with E-state index >= 15 is 0 Å². The molecule has 1 fully saturated rings. The third kappa shape index (κ3) is 1.98. The van der Waals surface area contributed by atoms with E-state index in [9.17, 15) is 0 Å². The van der Waals surface area contributed by atoms with E-state index in [0.717, 1.165) is 0 Å². The number of anilines is 1. The molecule has 1 aromatic rings. The molecule has 1 aliphatic heterocycles. The van der Waals surface area contributed by atoms with Gasteiger partial charge in [-0.15, -0.1) is 0 Å². The fraction of sp³-hybridized carbons (Fsp3) is 0.455. The van der Waals surface area contributed by atoms with E-state index in [2.05, 4.69) is 52.6 Å². The van der Waals surface area contributed by atoms with Crippen LogP contribution < -0.4 is 4.90 Å². The molecular formula is C11H14IN. The molecule has 0 aliphatic carbocycles. The Hall–Kier alpha value is -0.250. The highest BCUT2D eigenvalue weighted by Gasteiger charge is 2.13. The van der Waals surface area contributed by atoms with Crippen LogP contribution in [0.1, 0.15) is 18.4 Å². The maximum atomic E-state index is 2.50. The summed E-state index contributed by atoms with van der Waals surface area (Å²) < 4.78 is 1.34. The van der Waals surface area contributed by atoms with Crippen molar-refractivity contribution >= 4 is 28.3 Å². The molecule has 2 rings (SSSR count). The van der Waals surface area contributed by atoms with Crippen LogP contribution in [0.5, 0.6) is 0 Å². The van der Waals surface area contributed by atoms with Crippen molar-refractivity contribution in [1.82, 2.24) is 0 Å². The number of halogens is 1. The van der Waals surface area contributed by atoms with E-state index in [-0.39, 0.29) is 0 Å². The zero-order valence-electron chi connectivity index (χ0n) is 7.89. The number of nitrogens with zero attached hydrogens (tertiary/aromatic N) is 1. The summed E-state index contributed by atoms with van der Waals surface area (Å²) in [5, 5.41) is 0. The van der Waals surface area contributed by atoms with Crippen molar-refractivity contribution in [3.63, 3.8) is 0 Å². The third-order valence-corrected chi connectivity index (χ3v) is 3.29. The van der Waals surface area contributed by atoms with Crippen LogP contribution in [-0.2, 0) is 0 Å². The van der Waals surface area contributed by atoms with E-state index in [1.54, 1.807) is 0 Å². The third-order valence-electron chi connectivity index (χ3n) is 2.62. The summed E-state index contributed by atoms with van der Waals surface area (Å²) >= 11 is 2.38. The Labute approximate surface area is 93.3 Å². The molecule has 1 saturated heterocycles. The number of hydrogen-bond acceptors (Lipinski definition) is 1. The topological polar surface area (TPSA) is 3.24 Å². The van der Waals surface area contributed by atoms with Crippen LogP contribution in [0.3, 0.4) is 0 Å². The second kappa shape index (κ2) is 3.86. The molecule has 0 atom stereocenters. The summed E-state index contributed by atoms with van der Waals surface area (Å²) in [6.07, 6.45) is 2.70. The van der Waals surface area contributed by atoms with Crippen LogP contribution in [0.15, 0.2) is 18.2 Å². The minimum atomic E-state index is 1.24. The summed E-state index contributed by atoms with van der Waals surface area (Å²) in [5.74, 6) is 0. The molecule has 2 heteroatoms. The van der Waals surface area contributed by atoms with Gasteiger partial charge in [0.2, 0.25) is 0 Å². The Bertz CT molecular complexity index is 303. The van der Waals surface area contributed by atoms with Crippen molar-refractivity contribution in [2.24, 2.45) is 0 Å². The Kier molecular flexibility index (Phi) is 2.77. The monoisotopic (exact) mass is 287 g/mol. The lowest BCUT2D eigenvalue weighted by Crippen LogP contribution is -2.18. The molecule has 1 heterocycles. The van der Waals surface area contributed by atoms with Gasteiger partial charge in [0, 0.05) is 22.3 Å². The van der Waals surface area contributed by atoms with Gasteiger partial charge in [-0.1, -0.05) is 6.07 Å². The van der Waals surface area contributed by atoms with Crippen LogP contribution in [0.4, 0.5) is 5.69 Å². The quantitative estimate of drug-likeness (QED) is 0.717. The number of aryl methyl sites for hydroxylation is 1. The number of hydrogen-bond donors (Lipinski definition) is 0. The molecule has 0 bridgehead atoms. The molecule has 0 saturated carbocycles. The number of rotatable bonds is 1. The van der Waals surface area contributed by atoms with Crippen LogP contribution in [0.2, 0.25) is 0 Å². The highest BCUT2D eigenvalue weighted by Crippen LogP contribution is 2.25. The lowest BCUT2D eigenvalue weighted by Gasteiger charge is -2.20. The maximum Gasteiger partial charge on any atom is 0.0406 e. The van der Waals surface area contributed by atoms with Gasteiger partial charge < -0.3 is 4.90 Å². The van der Waals surface area contributed by atoms with Crippen molar-refractivity contribution in [3.8, 4) is 0 Å². The normalized spacial score (nSPS) is 16.6. The van der Waals surface area contributed by atoms with Crippen LogP contribution in [0.25, 0.3) is 0 Å². The summed E-state index contributed by atoms with van der Waals surface area (Å²) in [6, 6.07) is 6.69. The van der Waals surface area contributed by atoms with Gasteiger partial charge in [0.1, 0.15) is 0 Å². The van der Waals surface area contributed by atoms with Gasteiger partial charge in [0.05, 0.1) is 0 Å².